The van der Waals surface area contributed by atoms with Crippen molar-refractivity contribution in [1.29, 1.82) is 0 Å². The van der Waals surface area contributed by atoms with Gasteiger partial charge >= 0.3 is 0 Å². The second kappa shape index (κ2) is 11.0. The Hall–Kier alpha value is 0.177. The van der Waals surface area contributed by atoms with Crippen LogP contribution in [0.5, 0.6) is 0 Å². The van der Waals surface area contributed by atoms with E-state index in [0.29, 0.717) is 0 Å². The van der Waals surface area contributed by atoms with Gasteiger partial charge in [-0.25, -0.2) is 0 Å². The van der Waals surface area contributed by atoms with E-state index in [-0.39, 0.29) is 0 Å². The van der Waals surface area contributed by atoms with Crippen LogP contribution >= 0.6 is 0 Å². The van der Waals surface area contributed by atoms with Crippen LogP contribution in [0.2, 0.25) is 24.7 Å². The van der Waals surface area contributed by atoms with E-state index in [4.69, 9.17) is 0 Å². The molecule has 0 aliphatic rings. The van der Waals surface area contributed by atoms with Crippen molar-refractivity contribution in [3.63, 3.8) is 0 Å². The van der Waals surface area contributed by atoms with Crippen molar-refractivity contribution < 1.29 is 0 Å². The second-order valence-electron chi connectivity index (χ2n) is 6.47. The molecule has 0 aromatic heterocycles. The molecule has 0 aliphatic heterocycles. The highest BCUT2D eigenvalue weighted by molar-refractivity contribution is 6.78. The van der Waals surface area contributed by atoms with Gasteiger partial charge in [-0.2, -0.15) is 0 Å². The van der Waals surface area contributed by atoms with Crippen LogP contribution in [0, 0.1) is 0 Å². The summed E-state index contributed by atoms with van der Waals surface area (Å²) in [6.07, 6.45) is 9.71. The Balaban J connectivity index is 3.87. The monoisotopic (exact) mass is 271 g/mol. The van der Waals surface area contributed by atoms with Crippen molar-refractivity contribution in [3.05, 3.63) is 0 Å². The summed E-state index contributed by atoms with van der Waals surface area (Å²) < 4.78 is 0. The molecule has 0 rings (SSSR count). The van der Waals surface area contributed by atoms with Gasteiger partial charge in [0.1, 0.15) is 0 Å². The second-order valence-corrected chi connectivity index (χ2v) is 11.8. The first-order valence-corrected chi connectivity index (χ1v) is 11.6. The topological polar surface area (TPSA) is 12.0 Å². The van der Waals surface area contributed by atoms with Gasteiger partial charge in [-0.05, 0) is 31.5 Å². The third kappa shape index (κ3) is 8.31. The van der Waals surface area contributed by atoms with E-state index in [1.165, 1.54) is 64.1 Å². The summed E-state index contributed by atoms with van der Waals surface area (Å²) in [4.78, 5) is 0. The highest BCUT2D eigenvalue weighted by atomic mass is 28.3. The van der Waals surface area contributed by atoms with Crippen LogP contribution in [0.15, 0.2) is 0 Å². The maximum Gasteiger partial charge on any atom is 0.0505 e. The maximum absolute atomic E-state index is 3.58. The molecule has 0 aliphatic carbocycles. The molecule has 0 saturated heterocycles. The van der Waals surface area contributed by atoms with E-state index in [1.807, 2.05) is 0 Å². The minimum atomic E-state index is -0.983. The van der Waals surface area contributed by atoms with Crippen molar-refractivity contribution in [2.24, 2.45) is 0 Å². The van der Waals surface area contributed by atoms with Gasteiger partial charge in [0.2, 0.25) is 0 Å². The molecule has 0 amide bonds. The molecule has 0 atom stereocenters. The fourth-order valence-corrected chi connectivity index (χ4v) is 6.56. The molecule has 0 aromatic carbocycles. The van der Waals surface area contributed by atoms with Crippen LogP contribution in [0.25, 0.3) is 0 Å². The molecule has 0 fully saturated rings. The first-order valence-electron chi connectivity index (χ1n) is 8.29. The van der Waals surface area contributed by atoms with Crippen molar-refractivity contribution in [3.8, 4) is 0 Å². The number of rotatable bonds is 12. The molecular weight excluding hydrogens is 234 g/mol. The lowest BCUT2D eigenvalue weighted by Gasteiger charge is -2.32. The Bertz CT molecular complexity index is 174. The molecule has 0 radical (unpaired) electrons. The molecule has 110 valence electrons. The van der Waals surface area contributed by atoms with E-state index in [9.17, 15) is 0 Å². The zero-order valence-corrected chi connectivity index (χ0v) is 14.6. The van der Waals surface area contributed by atoms with Crippen LogP contribution in [0.1, 0.15) is 65.7 Å². The highest BCUT2D eigenvalue weighted by Gasteiger charge is 2.29. The molecule has 0 heterocycles. The van der Waals surface area contributed by atoms with Crippen LogP contribution in [0.4, 0.5) is 0 Å². The van der Waals surface area contributed by atoms with Gasteiger partial charge in [0.05, 0.1) is 8.07 Å². The van der Waals surface area contributed by atoms with E-state index >= 15 is 0 Å². The molecule has 2 heteroatoms. The molecule has 0 spiro atoms. The van der Waals surface area contributed by atoms with Crippen molar-refractivity contribution >= 4 is 8.07 Å². The zero-order valence-electron chi connectivity index (χ0n) is 13.6. The summed E-state index contributed by atoms with van der Waals surface area (Å²) in [6.45, 7) is 14.6. The Morgan fingerprint density at radius 2 is 1.39 bits per heavy atom. The van der Waals surface area contributed by atoms with Gasteiger partial charge in [0, 0.05) is 0 Å². The normalized spacial score (nSPS) is 12.3. The predicted octanol–water partition coefficient (Wildman–Crippen LogP) is 5.45. The van der Waals surface area contributed by atoms with E-state index in [2.05, 4.69) is 39.2 Å². The number of nitrogens with one attached hydrogen (secondary N) is 1. The van der Waals surface area contributed by atoms with Crippen LogP contribution < -0.4 is 5.32 Å². The summed E-state index contributed by atoms with van der Waals surface area (Å²) in [5, 5.41) is 3.58. The van der Waals surface area contributed by atoms with Gasteiger partial charge in [0.15, 0.2) is 0 Å². The van der Waals surface area contributed by atoms with Gasteiger partial charge in [0.25, 0.3) is 0 Å². The minimum absolute atomic E-state index is 0.983. The zero-order chi connectivity index (χ0) is 13.9. The van der Waals surface area contributed by atoms with Crippen LogP contribution in [-0.4, -0.2) is 21.2 Å². The highest BCUT2D eigenvalue weighted by Crippen LogP contribution is 2.34. The molecule has 0 unspecified atom stereocenters. The summed E-state index contributed by atoms with van der Waals surface area (Å²) >= 11 is 0. The fraction of sp³-hybridized carbons (Fsp3) is 1.00. The van der Waals surface area contributed by atoms with Crippen molar-refractivity contribution in [2.75, 3.05) is 13.1 Å². The minimum Gasteiger partial charge on any atom is -0.317 e. The first kappa shape index (κ1) is 18.2. The quantitative estimate of drug-likeness (QED) is 0.368. The lowest BCUT2D eigenvalue weighted by Crippen LogP contribution is -2.33. The van der Waals surface area contributed by atoms with E-state index < -0.39 is 8.07 Å². The average molecular weight is 272 g/mol. The van der Waals surface area contributed by atoms with Gasteiger partial charge in [-0.1, -0.05) is 72.0 Å². The first-order chi connectivity index (χ1) is 8.58. The van der Waals surface area contributed by atoms with Crippen LogP contribution in [-0.2, 0) is 0 Å². The average Bonchev–Trinajstić information content (AvgIpc) is 2.33. The van der Waals surface area contributed by atoms with Crippen molar-refractivity contribution in [2.45, 2.75) is 90.4 Å². The number of hydrogen-bond donors (Lipinski definition) is 1. The molecular formula is C16H37NSi. The maximum atomic E-state index is 3.58. The third-order valence-corrected chi connectivity index (χ3v) is 8.69. The van der Waals surface area contributed by atoms with Gasteiger partial charge in [-0.15, -0.1) is 0 Å². The molecule has 1 nitrogen and oxygen atoms in total. The van der Waals surface area contributed by atoms with E-state index in [0.717, 1.165) is 5.54 Å². The standard InChI is InChI=1S/C16H37NSi/c1-6-9-13-17-14-10-15-18(4,5)16(11-7-2)12-8-3/h16-17H,6-15H2,1-5H3. The predicted molar refractivity (Wildman–Crippen MR) is 88.2 cm³/mol. The Morgan fingerprint density at radius 3 is 1.89 bits per heavy atom. The molecule has 0 bridgehead atoms. The number of unbranched alkanes of at least 4 members (excludes halogenated alkanes) is 1. The Morgan fingerprint density at radius 1 is 0.833 bits per heavy atom. The third-order valence-electron chi connectivity index (χ3n) is 4.26. The molecule has 1 N–H and O–H groups in total. The molecule has 18 heavy (non-hydrogen) atoms. The van der Waals surface area contributed by atoms with Crippen molar-refractivity contribution in [1.82, 2.24) is 5.32 Å². The SMILES string of the molecule is CCCCNCCC[Si](C)(C)C(CCC)CCC. The Labute approximate surface area is 117 Å². The van der Waals surface area contributed by atoms with Gasteiger partial charge < -0.3 is 5.32 Å². The fourth-order valence-electron chi connectivity index (χ4n) is 2.92. The molecule has 0 aromatic rings. The smallest absolute Gasteiger partial charge is 0.0505 e. The van der Waals surface area contributed by atoms with E-state index in [1.54, 1.807) is 0 Å². The lowest BCUT2D eigenvalue weighted by atomic mass is 10.1. The summed E-state index contributed by atoms with van der Waals surface area (Å²) in [5.74, 6) is 0. The van der Waals surface area contributed by atoms with Gasteiger partial charge in [-0.3, -0.25) is 0 Å². The summed E-state index contributed by atoms with van der Waals surface area (Å²) in [6, 6.07) is 1.51. The lowest BCUT2D eigenvalue weighted by molar-refractivity contribution is 0.611. The number of hydrogen-bond acceptors (Lipinski definition) is 1. The Kier molecular flexibility index (Phi) is 11.1. The molecule has 0 saturated carbocycles. The summed E-state index contributed by atoms with van der Waals surface area (Å²) in [5.41, 5.74) is 1.06. The summed E-state index contributed by atoms with van der Waals surface area (Å²) in [7, 11) is -0.983. The van der Waals surface area contributed by atoms with Crippen LogP contribution in [0.3, 0.4) is 0 Å². The largest absolute Gasteiger partial charge is 0.317 e.